The number of aliphatic hydroxyl groups is 1. The lowest BCUT2D eigenvalue weighted by Gasteiger charge is -2.26. The van der Waals surface area contributed by atoms with Crippen molar-refractivity contribution in [2.75, 3.05) is 26.3 Å². The molecule has 0 spiro atoms. The van der Waals surface area contributed by atoms with Gasteiger partial charge in [-0.25, -0.2) is 0 Å². The van der Waals surface area contributed by atoms with Gasteiger partial charge in [-0.3, -0.25) is 4.90 Å². The smallest absolute Gasteiger partial charge is 0.119 e. The molecule has 0 aliphatic carbocycles. The van der Waals surface area contributed by atoms with Gasteiger partial charge in [-0.15, -0.1) is 0 Å². The zero-order valence-electron chi connectivity index (χ0n) is 14.8. The van der Waals surface area contributed by atoms with Crippen LogP contribution < -0.4 is 4.74 Å². The Bertz CT molecular complexity index is 622. The quantitative estimate of drug-likeness (QED) is 0.757. The van der Waals surface area contributed by atoms with E-state index in [9.17, 15) is 5.11 Å². The summed E-state index contributed by atoms with van der Waals surface area (Å²) in [5.41, 5.74) is 0. The molecule has 2 atom stereocenters. The van der Waals surface area contributed by atoms with E-state index in [1.165, 1.54) is 0 Å². The Labute approximate surface area is 149 Å². The van der Waals surface area contributed by atoms with Gasteiger partial charge in [0, 0.05) is 19.7 Å². The van der Waals surface area contributed by atoms with Crippen molar-refractivity contribution in [1.29, 1.82) is 0 Å². The molecule has 25 heavy (non-hydrogen) atoms. The molecule has 136 valence electrons. The molecule has 0 bridgehead atoms. The summed E-state index contributed by atoms with van der Waals surface area (Å²) >= 11 is 0. The number of ether oxygens (including phenoxy) is 2. The van der Waals surface area contributed by atoms with Crippen molar-refractivity contribution in [3.05, 3.63) is 54.0 Å². The Kier molecular flexibility index (Phi) is 6.50. The average molecular weight is 345 g/mol. The molecule has 0 saturated carbocycles. The second-order valence-electron chi connectivity index (χ2n) is 6.62. The number of benzene rings is 1. The standard InChI is InChI=1S/C20H27NO4/c1-16-9-10-20(25-16)14-21(13-19-8-5-11-23-19)12-17(22)15-24-18-6-3-2-4-7-18/h2-4,6-7,9-10,17,19,22H,5,8,11-15H2,1H3. The fourth-order valence-corrected chi connectivity index (χ4v) is 3.13. The van der Waals surface area contributed by atoms with Crippen LogP contribution in [0.15, 0.2) is 46.9 Å². The van der Waals surface area contributed by atoms with Crippen LogP contribution in [-0.2, 0) is 11.3 Å². The van der Waals surface area contributed by atoms with Gasteiger partial charge in [0.25, 0.3) is 0 Å². The lowest BCUT2D eigenvalue weighted by molar-refractivity contribution is 0.0290. The molecular formula is C20H27NO4. The van der Waals surface area contributed by atoms with Gasteiger partial charge in [0.1, 0.15) is 30.0 Å². The van der Waals surface area contributed by atoms with Gasteiger partial charge in [-0.05, 0) is 44.0 Å². The summed E-state index contributed by atoms with van der Waals surface area (Å²) in [5.74, 6) is 2.58. The Morgan fingerprint density at radius 1 is 1.24 bits per heavy atom. The highest BCUT2D eigenvalue weighted by Crippen LogP contribution is 2.17. The van der Waals surface area contributed by atoms with Gasteiger partial charge in [-0.2, -0.15) is 0 Å². The molecule has 3 rings (SSSR count). The maximum atomic E-state index is 10.4. The van der Waals surface area contributed by atoms with Gasteiger partial charge in [0.2, 0.25) is 0 Å². The highest BCUT2D eigenvalue weighted by Gasteiger charge is 2.22. The zero-order valence-corrected chi connectivity index (χ0v) is 14.8. The first-order valence-electron chi connectivity index (χ1n) is 8.94. The number of para-hydroxylation sites is 1. The maximum absolute atomic E-state index is 10.4. The van der Waals surface area contributed by atoms with E-state index in [-0.39, 0.29) is 12.7 Å². The van der Waals surface area contributed by atoms with Crippen LogP contribution in [0.3, 0.4) is 0 Å². The van der Waals surface area contributed by atoms with E-state index in [4.69, 9.17) is 13.9 Å². The molecule has 2 heterocycles. The van der Waals surface area contributed by atoms with Crippen LogP contribution in [0.5, 0.6) is 5.75 Å². The summed E-state index contributed by atoms with van der Waals surface area (Å²) in [6.45, 7) is 5.02. The number of hydrogen-bond donors (Lipinski definition) is 1. The Balaban J connectivity index is 1.53. The third-order valence-corrected chi connectivity index (χ3v) is 4.32. The lowest BCUT2D eigenvalue weighted by atomic mass is 10.2. The Morgan fingerprint density at radius 3 is 2.76 bits per heavy atom. The SMILES string of the molecule is Cc1ccc(CN(CC(O)COc2ccccc2)CC2CCCO2)o1. The molecule has 1 aliphatic rings. The summed E-state index contributed by atoms with van der Waals surface area (Å²) in [7, 11) is 0. The van der Waals surface area contributed by atoms with Crippen molar-refractivity contribution in [1.82, 2.24) is 4.90 Å². The Hall–Kier alpha value is -1.82. The number of aliphatic hydroxyl groups excluding tert-OH is 1. The lowest BCUT2D eigenvalue weighted by Crippen LogP contribution is -2.39. The number of aryl methyl sites for hydroxylation is 1. The van der Waals surface area contributed by atoms with Crippen molar-refractivity contribution >= 4 is 0 Å². The van der Waals surface area contributed by atoms with Crippen molar-refractivity contribution in [2.45, 2.75) is 38.5 Å². The van der Waals surface area contributed by atoms with Gasteiger partial charge < -0.3 is 19.0 Å². The Morgan fingerprint density at radius 2 is 2.08 bits per heavy atom. The largest absolute Gasteiger partial charge is 0.491 e. The van der Waals surface area contributed by atoms with Crippen molar-refractivity contribution in [2.24, 2.45) is 0 Å². The maximum Gasteiger partial charge on any atom is 0.119 e. The molecule has 1 aromatic carbocycles. The summed E-state index contributed by atoms with van der Waals surface area (Å²) in [6, 6.07) is 13.5. The van der Waals surface area contributed by atoms with Crippen LogP contribution >= 0.6 is 0 Å². The third kappa shape index (κ3) is 5.88. The van der Waals surface area contributed by atoms with Crippen LogP contribution in [0.2, 0.25) is 0 Å². The highest BCUT2D eigenvalue weighted by molar-refractivity contribution is 5.20. The van der Waals surface area contributed by atoms with Crippen LogP contribution in [0.25, 0.3) is 0 Å². The minimum Gasteiger partial charge on any atom is -0.491 e. The molecule has 2 unspecified atom stereocenters. The second-order valence-corrected chi connectivity index (χ2v) is 6.62. The van der Waals surface area contributed by atoms with Gasteiger partial charge in [-0.1, -0.05) is 18.2 Å². The fraction of sp³-hybridized carbons (Fsp3) is 0.500. The summed E-state index contributed by atoms with van der Waals surface area (Å²) in [5, 5.41) is 10.4. The number of furan rings is 1. The molecule has 5 heteroatoms. The van der Waals surface area contributed by atoms with E-state index in [1.807, 2.05) is 49.4 Å². The summed E-state index contributed by atoms with van der Waals surface area (Å²) in [6.07, 6.45) is 1.85. The highest BCUT2D eigenvalue weighted by atomic mass is 16.5. The van der Waals surface area contributed by atoms with Crippen LogP contribution in [0, 0.1) is 6.92 Å². The van der Waals surface area contributed by atoms with Crippen molar-refractivity contribution in [3.8, 4) is 5.75 Å². The molecular weight excluding hydrogens is 318 g/mol. The first-order chi connectivity index (χ1) is 12.2. The molecule has 0 amide bonds. The van der Waals surface area contributed by atoms with Crippen LogP contribution in [0.1, 0.15) is 24.4 Å². The van der Waals surface area contributed by atoms with E-state index in [0.717, 1.165) is 43.3 Å². The molecule has 1 aliphatic heterocycles. The van der Waals surface area contributed by atoms with E-state index >= 15 is 0 Å². The molecule has 0 radical (unpaired) electrons. The minimum absolute atomic E-state index is 0.235. The first-order valence-corrected chi connectivity index (χ1v) is 8.94. The normalized spacial score (nSPS) is 18.6. The molecule has 2 aromatic rings. The first kappa shape index (κ1) is 18.0. The van der Waals surface area contributed by atoms with E-state index in [2.05, 4.69) is 4.90 Å². The average Bonchev–Trinajstić information content (AvgIpc) is 3.26. The summed E-state index contributed by atoms with van der Waals surface area (Å²) < 4.78 is 17.1. The number of nitrogens with zero attached hydrogens (tertiary/aromatic N) is 1. The van der Waals surface area contributed by atoms with Crippen molar-refractivity contribution in [3.63, 3.8) is 0 Å². The van der Waals surface area contributed by atoms with Gasteiger partial charge >= 0.3 is 0 Å². The zero-order chi connectivity index (χ0) is 17.5. The molecule has 1 saturated heterocycles. The van der Waals surface area contributed by atoms with Gasteiger partial charge in [0.15, 0.2) is 0 Å². The number of hydrogen-bond acceptors (Lipinski definition) is 5. The second kappa shape index (κ2) is 9.04. The third-order valence-electron chi connectivity index (χ3n) is 4.32. The van der Waals surface area contributed by atoms with Gasteiger partial charge in [0.05, 0.1) is 12.6 Å². The van der Waals surface area contributed by atoms with Crippen LogP contribution in [-0.4, -0.2) is 48.5 Å². The predicted octanol–water partition coefficient (Wildman–Crippen LogP) is 3.01. The van der Waals surface area contributed by atoms with E-state index in [0.29, 0.717) is 13.1 Å². The molecule has 1 N–H and O–H groups in total. The topological polar surface area (TPSA) is 55.1 Å². The molecule has 1 fully saturated rings. The van der Waals surface area contributed by atoms with Crippen LogP contribution in [0.4, 0.5) is 0 Å². The summed E-state index contributed by atoms with van der Waals surface area (Å²) in [4.78, 5) is 2.19. The fourth-order valence-electron chi connectivity index (χ4n) is 3.13. The molecule has 1 aromatic heterocycles. The minimum atomic E-state index is -0.572. The molecule has 5 nitrogen and oxygen atoms in total. The monoisotopic (exact) mass is 345 g/mol. The predicted molar refractivity (Wildman–Crippen MR) is 95.6 cm³/mol. The van der Waals surface area contributed by atoms with E-state index < -0.39 is 6.10 Å². The van der Waals surface area contributed by atoms with E-state index in [1.54, 1.807) is 0 Å². The number of rotatable bonds is 9. The van der Waals surface area contributed by atoms with Crippen molar-refractivity contribution < 1.29 is 19.0 Å².